The van der Waals surface area contributed by atoms with Gasteiger partial charge in [-0.25, -0.2) is 4.79 Å². The second kappa shape index (κ2) is 5.95. The fraction of sp³-hybridized carbons (Fsp3) is 0.526. The Morgan fingerprint density at radius 1 is 1.52 bits per heavy atom. The lowest BCUT2D eigenvalue weighted by Crippen LogP contribution is -2.44. The molecule has 3 aliphatic rings. The molecule has 1 aromatic carbocycles. The zero-order chi connectivity index (χ0) is 17.6. The molecule has 1 aromatic rings. The number of hydrogen-bond donors (Lipinski definition) is 2. The van der Waals surface area contributed by atoms with Gasteiger partial charge in [0.1, 0.15) is 6.10 Å². The molecule has 3 atom stereocenters. The van der Waals surface area contributed by atoms with Crippen LogP contribution in [0.15, 0.2) is 24.3 Å². The van der Waals surface area contributed by atoms with Crippen molar-refractivity contribution in [1.82, 2.24) is 10.2 Å². The molecule has 6 nitrogen and oxygen atoms in total. The second-order valence-corrected chi connectivity index (χ2v) is 6.95. The van der Waals surface area contributed by atoms with Gasteiger partial charge in [0.25, 0.3) is 0 Å². The van der Waals surface area contributed by atoms with E-state index in [1.165, 1.54) is 0 Å². The molecule has 0 unspecified atom stereocenters. The van der Waals surface area contributed by atoms with Crippen LogP contribution in [0.1, 0.15) is 30.9 Å². The number of aliphatic hydroxyl groups is 1. The first-order valence-corrected chi connectivity index (χ1v) is 8.86. The van der Waals surface area contributed by atoms with Crippen LogP contribution in [0.2, 0.25) is 0 Å². The molecule has 0 fully saturated rings. The zero-order valence-corrected chi connectivity index (χ0v) is 14.6. The number of urea groups is 1. The molecule has 6 heteroatoms. The molecular weight excluding hydrogens is 320 g/mol. The van der Waals surface area contributed by atoms with E-state index in [-0.39, 0.29) is 17.6 Å². The SMILES string of the molecule is CCNC(=O)N1CC[C@@]23C=C[C@H](O)C[C@@H]2Oc2c(OC)ccc(c23)C1. The summed E-state index contributed by atoms with van der Waals surface area (Å²) in [6.07, 6.45) is 4.64. The van der Waals surface area contributed by atoms with Gasteiger partial charge in [-0.3, -0.25) is 0 Å². The normalized spacial score (nSPS) is 29.3. The molecule has 2 heterocycles. The number of carbonyl (C=O) groups is 1. The number of nitrogens with zero attached hydrogens (tertiary/aromatic N) is 1. The van der Waals surface area contributed by atoms with Crippen LogP contribution in [-0.2, 0) is 12.0 Å². The average molecular weight is 344 g/mol. The topological polar surface area (TPSA) is 71.0 Å². The molecule has 0 saturated carbocycles. The van der Waals surface area contributed by atoms with E-state index >= 15 is 0 Å². The fourth-order valence-electron chi connectivity index (χ4n) is 4.37. The van der Waals surface area contributed by atoms with Crippen molar-refractivity contribution in [3.05, 3.63) is 35.4 Å². The molecular formula is C19H24N2O4. The number of benzene rings is 1. The van der Waals surface area contributed by atoms with Crippen LogP contribution in [0.3, 0.4) is 0 Å². The van der Waals surface area contributed by atoms with Gasteiger partial charge in [0.15, 0.2) is 11.5 Å². The van der Waals surface area contributed by atoms with Crippen molar-refractivity contribution in [1.29, 1.82) is 0 Å². The number of hydrogen-bond acceptors (Lipinski definition) is 4. The molecule has 2 aliphatic heterocycles. The van der Waals surface area contributed by atoms with E-state index in [9.17, 15) is 9.90 Å². The van der Waals surface area contributed by atoms with E-state index in [4.69, 9.17) is 9.47 Å². The van der Waals surface area contributed by atoms with Gasteiger partial charge in [-0.05, 0) is 25.0 Å². The van der Waals surface area contributed by atoms with Crippen LogP contribution in [0.4, 0.5) is 4.79 Å². The highest BCUT2D eigenvalue weighted by Gasteiger charge is 2.53. The maximum atomic E-state index is 12.4. The van der Waals surface area contributed by atoms with Crippen LogP contribution >= 0.6 is 0 Å². The second-order valence-electron chi connectivity index (χ2n) is 6.95. The monoisotopic (exact) mass is 344 g/mol. The lowest BCUT2D eigenvalue weighted by molar-refractivity contribution is 0.0821. The maximum absolute atomic E-state index is 12.4. The van der Waals surface area contributed by atoms with Crippen molar-refractivity contribution in [2.24, 2.45) is 0 Å². The molecule has 4 rings (SSSR count). The van der Waals surface area contributed by atoms with Gasteiger partial charge in [-0.1, -0.05) is 18.2 Å². The Kier molecular flexibility index (Phi) is 3.87. The predicted octanol–water partition coefficient (Wildman–Crippen LogP) is 1.95. The summed E-state index contributed by atoms with van der Waals surface area (Å²) in [6.45, 7) is 3.72. The lowest BCUT2D eigenvalue weighted by atomic mass is 9.69. The smallest absolute Gasteiger partial charge is 0.317 e. The van der Waals surface area contributed by atoms with Crippen LogP contribution < -0.4 is 14.8 Å². The largest absolute Gasteiger partial charge is 0.493 e. The van der Waals surface area contributed by atoms with Gasteiger partial charge in [0, 0.05) is 31.6 Å². The Hall–Kier alpha value is -2.21. The van der Waals surface area contributed by atoms with Gasteiger partial charge < -0.3 is 24.8 Å². The number of rotatable bonds is 2. The minimum absolute atomic E-state index is 0.0410. The first-order chi connectivity index (χ1) is 12.1. The Morgan fingerprint density at radius 2 is 2.36 bits per heavy atom. The highest BCUT2D eigenvalue weighted by Crippen LogP contribution is 2.55. The first-order valence-electron chi connectivity index (χ1n) is 8.86. The third-order valence-electron chi connectivity index (χ3n) is 5.57. The number of amides is 2. The quantitative estimate of drug-likeness (QED) is 0.805. The van der Waals surface area contributed by atoms with Crippen molar-refractivity contribution in [3.8, 4) is 11.5 Å². The number of aliphatic hydroxyl groups excluding tert-OH is 1. The molecule has 0 aromatic heterocycles. The molecule has 0 bridgehead atoms. The van der Waals surface area contributed by atoms with Crippen molar-refractivity contribution in [2.45, 2.75) is 43.9 Å². The zero-order valence-electron chi connectivity index (χ0n) is 14.6. The van der Waals surface area contributed by atoms with Crippen molar-refractivity contribution >= 4 is 6.03 Å². The minimum atomic E-state index is -0.498. The summed E-state index contributed by atoms with van der Waals surface area (Å²) >= 11 is 0. The van der Waals surface area contributed by atoms with Gasteiger partial charge in [-0.15, -0.1) is 0 Å². The Bertz CT molecular complexity index is 732. The van der Waals surface area contributed by atoms with Crippen molar-refractivity contribution in [2.75, 3.05) is 20.2 Å². The molecule has 1 spiro atoms. The molecule has 1 aliphatic carbocycles. The predicted molar refractivity (Wildman–Crippen MR) is 93.0 cm³/mol. The van der Waals surface area contributed by atoms with Crippen molar-refractivity contribution in [3.63, 3.8) is 0 Å². The molecule has 0 radical (unpaired) electrons. The summed E-state index contributed by atoms with van der Waals surface area (Å²) in [7, 11) is 1.64. The Labute approximate surface area is 147 Å². The highest BCUT2D eigenvalue weighted by atomic mass is 16.5. The van der Waals surface area contributed by atoms with Crippen LogP contribution in [-0.4, -0.2) is 48.4 Å². The highest BCUT2D eigenvalue weighted by molar-refractivity contribution is 5.75. The molecule has 2 amide bonds. The third-order valence-corrected chi connectivity index (χ3v) is 5.57. The van der Waals surface area contributed by atoms with E-state index in [2.05, 4.69) is 11.4 Å². The van der Waals surface area contributed by atoms with Gasteiger partial charge in [0.2, 0.25) is 0 Å². The van der Waals surface area contributed by atoms with Gasteiger partial charge in [-0.2, -0.15) is 0 Å². The summed E-state index contributed by atoms with van der Waals surface area (Å²) in [5, 5.41) is 13.0. The summed E-state index contributed by atoms with van der Waals surface area (Å²) in [4.78, 5) is 14.3. The van der Waals surface area contributed by atoms with Crippen LogP contribution in [0, 0.1) is 0 Å². The van der Waals surface area contributed by atoms with Crippen LogP contribution in [0.25, 0.3) is 0 Å². The van der Waals surface area contributed by atoms with Gasteiger partial charge in [0.05, 0.1) is 18.6 Å². The number of carbonyl (C=O) groups excluding carboxylic acids is 1. The van der Waals surface area contributed by atoms with E-state index in [0.717, 1.165) is 23.3 Å². The van der Waals surface area contributed by atoms with Gasteiger partial charge >= 0.3 is 6.03 Å². The number of methoxy groups -OCH3 is 1. The average Bonchev–Trinajstić information content (AvgIpc) is 2.83. The molecule has 134 valence electrons. The fourth-order valence-corrected chi connectivity index (χ4v) is 4.37. The summed E-state index contributed by atoms with van der Waals surface area (Å²) in [6, 6.07) is 3.89. The first kappa shape index (κ1) is 16.3. The Morgan fingerprint density at radius 3 is 3.12 bits per heavy atom. The van der Waals surface area contributed by atoms with E-state index in [1.807, 2.05) is 30.0 Å². The van der Waals surface area contributed by atoms with Crippen LogP contribution in [0.5, 0.6) is 11.5 Å². The number of ether oxygens (including phenoxy) is 2. The van der Waals surface area contributed by atoms with E-state index in [0.29, 0.717) is 31.8 Å². The summed E-state index contributed by atoms with van der Waals surface area (Å²) in [5.41, 5.74) is 1.90. The summed E-state index contributed by atoms with van der Waals surface area (Å²) < 4.78 is 11.8. The van der Waals surface area contributed by atoms with E-state index < -0.39 is 6.10 Å². The molecule has 25 heavy (non-hydrogen) atoms. The summed E-state index contributed by atoms with van der Waals surface area (Å²) in [5.74, 6) is 1.48. The van der Waals surface area contributed by atoms with Crippen molar-refractivity contribution < 1.29 is 19.4 Å². The lowest BCUT2D eigenvalue weighted by Gasteiger charge is -2.35. The van der Waals surface area contributed by atoms with E-state index in [1.54, 1.807) is 7.11 Å². The maximum Gasteiger partial charge on any atom is 0.317 e. The molecule has 2 N–H and O–H groups in total. The molecule has 0 saturated heterocycles. The minimum Gasteiger partial charge on any atom is -0.493 e. The standard InChI is InChI=1S/C19H24N2O4/c1-3-20-18(23)21-9-8-19-7-6-13(22)10-15(19)25-17-14(24-2)5-4-12(11-21)16(17)19/h4-7,13,15,22H,3,8-11H2,1-2H3,(H,20,23)/t13-,15-,19-/m0/s1. The Balaban J connectivity index is 1.83. The third kappa shape index (κ3) is 2.39. The number of nitrogens with one attached hydrogen (secondary N) is 1.